The first-order chi connectivity index (χ1) is 17.0. The van der Waals surface area contributed by atoms with Gasteiger partial charge in [-0.3, -0.25) is 9.79 Å². The highest BCUT2D eigenvalue weighted by molar-refractivity contribution is 7.46. The van der Waals surface area contributed by atoms with Gasteiger partial charge in [0.2, 0.25) is 0 Å². The number of ether oxygens (including phenoxy) is 2. The van der Waals surface area contributed by atoms with Crippen LogP contribution in [0.1, 0.15) is 56.9 Å². The highest BCUT2D eigenvalue weighted by Gasteiger charge is 2.39. The Balaban J connectivity index is 1.47. The molecular formula is C28H33O6P. The number of benzene rings is 2. The number of phosphoric ester groups is 1. The van der Waals surface area contributed by atoms with E-state index in [4.69, 9.17) is 14.0 Å². The van der Waals surface area contributed by atoms with Gasteiger partial charge in [-0.1, -0.05) is 47.9 Å². The molecule has 2 N–H and O–H groups in total. The highest BCUT2D eigenvalue weighted by Crippen LogP contribution is 2.53. The first-order valence-electron chi connectivity index (χ1n) is 12.6. The fourth-order valence-corrected chi connectivity index (χ4v) is 6.40. The Kier molecular flexibility index (Phi) is 7.33. The Bertz CT molecular complexity index is 1150. The van der Waals surface area contributed by atoms with Crippen LogP contribution in [0.2, 0.25) is 0 Å². The third-order valence-electron chi connectivity index (χ3n) is 7.33. The van der Waals surface area contributed by atoms with Crippen molar-refractivity contribution in [2.45, 2.75) is 51.4 Å². The third-order valence-corrected chi connectivity index (χ3v) is 7.78. The van der Waals surface area contributed by atoms with Crippen LogP contribution in [-0.4, -0.2) is 23.0 Å². The van der Waals surface area contributed by atoms with Gasteiger partial charge in [0, 0.05) is 11.5 Å². The van der Waals surface area contributed by atoms with Gasteiger partial charge >= 0.3 is 7.82 Å². The second-order valence-corrected chi connectivity index (χ2v) is 10.8. The summed E-state index contributed by atoms with van der Waals surface area (Å²) in [4.78, 5) is 18.6. The summed E-state index contributed by atoms with van der Waals surface area (Å²) >= 11 is 0. The fourth-order valence-electron chi connectivity index (χ4n) is 6.01. The van der Waals surface area contributed by atoms with E-state index >= 15 is 0 Å². The van der Waals surface area contributed by atoms with Crippen LogP contribution in [0.25, 0.3) is 5.76 Å². The molecular weight excluding hydrogens is 463 g/mol. The summed E-state index contributed by atoms with van der Waals surface area (Å²) in [6.45, 7) is 0.783. The maximum atomic E-state index is 11.5. The van der Waals surface area contributed by atoms with Crippen molar-refractivity contribution in [3.8, 4) is 11.5 Å². The van der Waals surface area contributed by atoms with E-state index in [0.29, 0.717) is 25.0 Å². The van der Waals surface area contributed by atoms with Gasteiger partial charge < -0.3 is 14.0 Å². The molecule has 6 nitrogen and oxygen atoms in total. The second-order valence-electron chi connectivity index (χ2n) is 9.62. The van der Waals surface area contributed by atoms with Gasteiger partial charge in [-0.2, -0.15) is 0 Å². The van der Waals surface area contributed by atoms with Gasteiger partial charge in [-0.05, 0) is 80.7 Å². The minimum atomic E-state index is -4.65. The van der Waals surface area contributed by atoms with E-state index in [2.05, 4.69) is 0 Å². The number of hydrogen-bond acceptors (Lipinski definition) is 4. The van der Waals surface area contributed by atoms with Crippen LogP contribution >= 0.6 is 7.82 Å². The molecule has 3 aliphatic carbocycles. The first kappa shape index (κ1) is 24.2. The molecule has 0 aromatic heterocycles. The van der Waals surface area contributed by atoms with Crippen LogP contribution in [0.15, 0.2) is 71.3 Å². The number of allylic oxidation sites excluding steroid dienone is 3. The van der Waals surface area contributed by atoms with Crippen molar-refractivity contribution in [1.29, 1.82) is 0 Å². The lowest BCUT2D eigenvalue weighted by molar-refractivity contribution is 0.188. The van der Waals surface area contributed by atoms with Crippen molar-refractivity contribution < 1.29 is 28.3 Å². The van der Waals surface area contributed by atoms with Crippen LogP contribution in [0.3, 0.4) is 0 Å². The first-order valence-corrected chi connectivity index (χ1v) is 14.1. The minimum Gasteiger partial charge on any atom is -0.490 e. The number of fused-ring (bicyclic) bond motifs is 3. The molecule has 186 valence electrons. The molecule has 5 rings (SSSR count). The average Bonchev–Trinajstić information content (AvgIpc) is 2.84. The zero-order valence-corrected chi connectivity index (χ0v) is 20.8. The van der Waals surface area contributed by atoms with Crippen molar-refractivity contribution in [2.24, 2.45) is 11.8 Å². The normalized spacial score (nSPS) is 23.4. The van der Waals surface area contributed by atoms with E-state index in [-0.39, 0.29) is 5.75 Å². The zero-order chi connectivity index (χ0) is 24.3. The summed E-state index contributed by atoms with van der Waals surface area (Å²) in [7, 11) is -4.65. The Morgan fingerprint density at radius 3 is 2.54 bits per heavy atom. The summed E-state index contributed by atoms with van der Waals surface area (Å²) in [6, 6.07) is 16.6. The molecule has 3 aliphatic rings. The summed E-state index contributed by atoms with van der Waals surface area (Å²) < 4.78 is 28.7. The third kappa shape index (κ3) is 5.83. The van der Waals surface area contributed by atoms with Crippen LogP contribution in [0.5, 0.6) is 11.5 Å². The number of para-hydroxylation sites is 1. The lowest BCUT2D eigenvalue weighted by Gasteiger charge is -2.43. The average molecular weight is 497 g/mol. The summed E-state index contributed by atoms with van der Waals surface area (Å²) in [5, 5.41) is 0. The zero-order valence-electron chi connectivity index (χ0n) is 19.9. The second kappa shape index (κ2) is 10.6. The maximum absolute atomic E-state index is 11.5. The van der Waals surface area contributed by atoms with E-state index in [9.17, 15) is 14.4 Å². The van der Waals surface area contributed by atoms with Crippen molar-refractivity contribution >= 4 is 13.6 Å². The molecule has 1 saturated carbocycles. The molecule has 1 fully saturated rings. The monoisotopic (exact) mass is 496 g/mol. The van der Waals surface area contributed by atoms with Crippen molar-refractivity contribution in [1.82, 2.24) is 0 Å². The highest BCUT2D eigenvalue weighted by atomic mass is 31.2. The molecule has 2 aromatic carbocycles. The Hall–Kier alpha value is -2.53. The quantitative estimate of drug-likeness (QED) is 0.184. The van der Waals surface area contributed by atoms with E-state index in [1.54, 1.807) is 29.3 Å². The lowest BCUT2D eigenvalue weighted by Crippen LogP contribution is -2.30. The molecule has 0 radical (unpaired) electrons. The van der Waals surface area contributed by atoms with Crippen molar-refractivity contribution in [2.75, 3.05) is 13.2 Å². The minimum absolute atomic E-state index is 0.136. The Morgan fingerprint density at radius 1 is 0.914 bits per heavy atom. The molecule has 0 saturated heterocycles. The summed E-state index contributed by atoms with van der Waals surface area (Å²) in [5.41, 5.74) is 5.43. The maximum Gasteiger partial charge on any atom is 0.524 e. The number of phosphoric acid groups is 1. The lowest BCUT2D eigenvalue weighted by atomic mass is 9.62. The summed E-state index contributed by atoms with van der Waals surface area (Å²) in [5.74, 6) is 2.60. The molecule has 2 aromatic rings. The molecule has 0 spiro atoms. The molecule has 0 amide bonds. The predicted octanol–water partition coefficient (Wildman–Crippen LogP) is 6.66. The molecule has 0 aliphatic heterocycles. The largest absolute Gasteiger partial charge is 0.524 e. The van der Waals surface area contributed by atoms with Gasteiger partial charge in [-0.15, -0.1) is 0 Å². The fraction of sp³-hybridized carbons (Fsp3) is 0.429. The standard InChI is InChI=1S/C28H33O6P/c29-35(30,31)34-24-13-6-10-22(19-24)28(33-17-16-32-23-11-2-1-3-12-23)27-21-9-7-15-26(27)25-14-5-4-8-20(25)18-21/h1-3,6,10-13,19,21,26H,4-5,7-9,14-18H2,(H2,29,30,31). The van der Waals surface area contributed by atoms with Gasteiger partial charge in [0.25, 0.3) is 0 Å². The van der Waals surface area contributed by atoms with Crippen LogP contribution in [0.4, 0.5) is 0 Å². The van der Waals surface area contributed by atoms with Crippen molar-refractivity contribution in [3.05, 3.63) is 76.9 Å². The van der Waals surface area contributed by atoms with E-state index in [1.165, 1.54) is 37.7 Å². The van der Waals surface area contributed by atoms with Gasteiger partial charge in [0.1, 0.15) is 30.5 Å². The Morgan fingerprint density at radius 2 is 1.71 bits per heavy atom. The van der Waals surface area contributed by atoms with E-state index in [0.717, 1.165) is 36.3 Å². The number of rotatable bonds is 8. The molecule has 2 atom stereocenters. The van der Waals surface area contributed by atoms with Gasteiger partial charge in [0.05, 0.1) is 0 Å². The smallest absolute Gasteiger partial charge is 0.490 e. The molecule has 7 heteroatoms. The summed E-state index contributed by atoms with van der Waals surface area (Å²) in [6.07, 6.45) is 9.55. The van der Waals surface area contributed by atoms with E-state index in [1.807, 2.05) is 36.4 Å². The topological polar surface area (TPSA) is 85.2 Å². The molecule has 0 heterocycles. The van der Waals surface area contributed by atoms with Gasteiger partial charge in [-0.25, -0.2) is 4.57 Å². The van der Waals surface area contributed by atoms with Crippen LogP contribution in [0, 0.1) is 11.8 Å². The van der Waals surface area contributed by atoms with Crippen molar-refractivity contribution in [3.63, 3.8) is 0 Å². The molecule has 35 heavy (non-hydrogen) atoms. The predicted molar refractivity (Wildman–Crippen MR) is 135 cm³/mol. The SMILES string of the molecule is O=P(O)(O)Oc1cccc(C(OCCOc2ccccc2)=C2C3CCCC2C2=C(CCCC2)C3)c1. The molecule has 2 bridgehead atoms. The van der Waals surface area contributed by atoms with Crippen LogP contribution < -0.4 is 9.26 Å². The van der Waals surface area contributed by atoms with Crippen LogP contribution in [-0.2, 0) is 9.30 Å². The van der Waals surface area contributed by atoms with Gasteiger partial charge in [0.15, 0.2) is 0 Å². The number of hydrogen-bond donors (Lipinski definition) is 2. The Labute approximate surface area is 206 Å². The van der Waals surface area contributed by atoms with E-state index < -0.39 is 7.82 Å². The molecule has 2 unspecified atom stereocenters.